The summed E-state index contributed by atoms with van der Waals surface area (Å²) in [7, 11) is 0. The van der Waals surface area contributed by atoms with E-state index in [1.165, 1.54) is 0 Å². The highest BCUT2D eigenvalue weighted by molar-refractivity contribution is 7.99. The first-order valence-corrected chi connectivity index (χ1v) is 6.13. The van der Waals surface area contributed by atoms with Gasteiger partial charge in [-0.3, -0.25) is 0 Å². The van der Waals surface area contributed by atoms with Crippen LogP contribution < -0.4 is 0 Å². The summed E-state index contributed by atoms with van der Waals surface area (Å²) in [5, 5.41) is 0.749. The smallest absolute Gasteiger partial charge is 0.0845 e. The number of benzene rings is 1. The first kappa shape index (κ1) is 12.3. The number of hydrogen-bond donors (Lipinski definition) is 0. The lowest BCUT2D eigenvalue weighted by molar-refractivity contribution is 1.46. The van der Waals surface area contributed by atoms with Gasteiger partial charge in [-0.25, -0.2) is 0 Å². The third kappa shape index (κ3) is 5.65. The van der Waals surface area contributed by atoms with Crippen molar-refractivity contribution in [2.45, 2.75) is 4.90 Å². The van der Waals surface area contributed by atoms with Crippen LogP contribution in [0.25, 0.3) is 0 Å². The Morgan fingerprint density at radius 2 is 1.73 bits per heavy atom. The Labute approximate surface area is 104 Å². The van der Waals surface area contributed by atoms with Crippen molar-refractivity contribution in [3.8, 4) is 23.7 Å². The molecule has 0 aliphatic rings. The average molecular weight is 255 g/mol. The van der Waals surface area contributed by atoms with Crippen LogP contribution in [0.2, 0.25) is 5.02 Å². The van der Waals surface area contributed by atoms with E-state index >= 15 is 0 Å². The highest BCUT2D eigenvalue weighted by Crippen LogP contribution is 2.19. The van der Waals surface area contributed by atoms with Gasteiger partial charge in [-0.1, -0.05) is 23.4 Å². The van der Waals surface area contributed by atoms with Crippen LogP contribution >= 0.6 is 35.0 Å². The first-order chi connectivity index (χ1) is 7.33. The normalized spacial score (nSPS) is 8.40. The van der Waals surface area contributed by atoms with E-state index in [0.29, 0.717) is 5.88 Å². The summed E-state index contributed by atoms with van der Waals surface area (Å²) in [6.07, 6.45) is 0. The molecule has 0 heterocycles. The molecule has 0 aromatic heterocycles. The molecular weight excluding hydrogens is 247 g/mol. The highest BCUT2D eigenvalue weighted by Gasteiger charge is 1.91. The summed E-state index contributed by atoms with van der Waals surface area (Å²) in [5.74, 6) is 12.0. The van der Waals surface area contributed by atoms with Gasteiger partial charge in [-0.15, -0.1) is 23.4 Å². The molecule has 0 N–H and O–H groups in total. The van der Waals surface area contributed by atoms with Crippen LogP contribution in [0, 0.1) is 23.7 Å². The van der Waals surface area contributed by atoms with Crippen LogP contribution in [0.15, 0.2) is 29.2 Å². The summed E-state index contributed by atoms with van der Waals surface area (Å²) >= 11 is 12.8. The highest BCUT2D eigenvalue weighted by atomic mass is 35.5. The third-order valence-electron chi connectivity index (χ3n) is 1.43. The predicted octanol–water partition coefficient (Wildman–Crippen LogP) is 3.68. The second-order valence-corrected chi connectivity index (χ2v) is 4.23. The zero-order chi connectivity index (χ0) is 10.9. The number of halogens is 2. The van der Waals surface area contributed by atoms with Gasteiger partial charge < -0.3 is 0 Å². The molecule has 1 rings (SSSR count). The van der Waals surface area contributed by atoms with E-state index in [0.717, 1.165) is 15.7 Å². The Bertz CT molecular complexity index is 415. The lowest BCUT2D eigenvalue weighted by Crippen LogP contribution is -1.73. The zero-order valence-electron chi connectivity index (χ0n) is 7.89. The van der Waals surface area contributed by atoms with Crippen molar-refractivity contribution in [3.05, 3.63) is 29.3 Å². The van der Waals surface area contributed by atoms with E-state index < -0.39 is 0 Å². The van der Waals surface area contributed by atoms with Gasteiger partial charge in [0.1, 0.15) is 0 Å². The van der Waals surface area contributed by atoms with Gasteiger partial charge >= 0.3 is 0 Å². The van der Waals surface area contributed by atoms with Crippen molar-refractivity contribution >= 4 is 35.0 Å². The molecule has 1 aromatic rings. The molecule has 0 bridgehead atoms. The number of rotatable bonds is 2. The molecule has 76 valence electrons. The summed E-state index contributed by atoms with van der Waals surface area (Å²) in [4.78, 5) is 1.15. The number of thioether (sulfide) groups is 1. The van der Waals surface area contributed by atoms with Crippen molar-refractivity contribution < 1.29 is 0 Å². The van der Waals surface area contributed by atoms with Gasteiger partial charge in [0.05, 0.1) is 11.6 Å². The molecule has 0 amide bonds. The minimum Gasteiger partial charge on any atom is -0.113 e. The van der Waals surface area contributed by atoms with Gasteiger partial charge in [0.2, 0.25) is 0 Å². The molecule has 0 aliphatic carbocycles. The maximum atomic E-state index is 5.76. The van der Waals surface area contributed by atoms with Crippen LogP contribution in [0.1, 0.15) is 0 Å². The van der Waals surface area contributed by atoms with Crippen LogP contribution in [-0.2, 0) is 0 Å². The molecule has 0 saturated carbocycles. The summed E-state index contributed by atoms with van der Waals surface area (Å²) < 4.78 is 0. The van der Waals surface area contributed by atoms with E-state index in [1.807, 2.05) is 24.3 Å². The molecule has 0 radical (unpaired) electrons. The average Bonchev–Trinajstić information content (AvgIpc) is 2.26. The fraction of sp³-hybridized carbons (Fsp3) is 0.167. The van der Waals surface area contributed by atoms with Gasteiger partial charge in [0, 0.05) is 9.92 Å². The van der Waals surface area contributed by atoms with Crippen molar-refractivity contribution in [1.82, 2.24) is 0 Å². The van der Waals surface area contributed by atoms with Crippen molar-refractivity contribution in [3.63, 3.8) is 0 Å². The van der Waals surface area contributed by atoms with E-state index in [9.17, 15) is 0 Å². The molecule has 0 spiro atoms. The SMILES string of the molecule is ClCC#CC#CCSc1ccc(Cl)cc1. The minimum absolute atomic E-state index is 0.332. The molecule has 0 atom stereocenters. The Kier molecular flexibility index (Phi) is 6.21. The maximum Gasteiger partial charge on any atom is 0.0845 e. The molecule has 0 fully saturated rings. The quantitative estimate of drug-likeness (QED) is 0.441. The van der Waals surface area contributed by atoms with Crippen molar-refractivity contribution in [2.75, 3.05) is 11.6 Å². The molecule has 0 unspecified atom stereocenters. The lowest BCUT2D eigenvalue weighted by Gasteiger charge is -1.95. The summed E-state index contributed by atoms with van der Waals surface area (Å²) in [6, 6.07) is 7.67. The lowest BCUT2D eigenvalue weighted by atomic mass is 10.4. The summed E-state index contributed by atoms with van der Waals surface area (Å²) in [5.41, 5.74) is 0. The Balaban J connectivity index is 2.37. The fourth-order valence-electron chi connectivity index (χ4n) is 0.808. The van der Waals surface area contributed by atoms with Gasteiger partial charge in [0.15, 0.2) is 0 Å². The number of hydrogen-bond acceptors (Lipinski definition) is 1. The molecule has 0 nitrogen and oxygen atoms in total. The molecule has 0 saturated heterocycles. The van der Waals surface area contributed by atoms with E-state index in [1.54, 1.807) is 11.8 Å². The van der Waals surface area contributed by atoms with E-state index in [2.05, 4.69) is 23.7 Å². The minimum atomic E-state index is 0.332. The van der Waals surface area contributed by atoms with Crippen LogP contribution in [0.4, 0.5) is 0 Å². The third-order valence-corrected chi connectivity index (χ3v) is 2.71. The zero-order valence-corrected chi connectivity index (χ0v) is 10.2. The van der Waals surface area contributed by atoms with E-state index in [4.69, 9.17) is 23.2 Å². The van der Waals surface area contributed by atoms with Crippen molar-refractivity contribution in [1.29, 1.82) is 0 Å². The van der Waals surface area contributed by atoms with Crippen LogP contribution in [0.5, 0.6) is 0 Å². The second-order valence-electron chi connectivity index (χ2n) is 2.48. The van der Waals surface area contributed by atoms with E-state index in [-0.39, 0.29) is 0 Å². The second kappa shape index (κ2) is 7.55. The molecular formula is C12H8Cl2S. The van der Waals surface area contributed by atoms with Crippen molar-refractivity contribution in [2.24, 2.45) is 0 Å². The van der Waals surface area contributed by atoms with Gasteiger partial charge in [-0.05, 0) is 36.1 Å². The Morgan fingerprint density at radius 1 is 1.07 bits per heavy atom. The monoisotopic (exact) mass is 254 g/mol. The molecule has 0 aliphatic heterocycles. The number of alkyl halides is 1. The van der Waals surface area contributed by atoms with Crippen LogP contribution in [-0.4, -0.2) is 11.6 Å². The molecule has 1 aromatic carbocycles. The first-order valence-electron chi connectivity index (χ1n) is 4.23. The topological polar surface area (TPSA) is 0 Å². The van der Waals surface area contributed by atoms with Gasteiger partial charge in [0.25, 0.3) is 0 Å². The summed E-state index contributed by atoms with van der Waals surface area (Å²) in [6.45, 7) is 0. The molecule has 3 heteroatoms. The maximum absolute atomic E-state index is 5.76. The largest absolute Gasteiger partial charge is 0.113 e. The van der Waals surface area contributed by atoms with Crippen LogP contribution in [0.3, 0.4) is 0 Å². The molecule has 15 heavy (non-hydrogen) atoms. The fourth-order valence-corrected chi connectivity index (χ4v) is 1.64. The Morgan fingerprint density at radius 3 is 2.40 bits per heavy atom. The predicted molar refractivity (Wildman–Crippen MR) is 68.4 cm³/mol. The Hall–Kier alpha value is -0.730. The van der Waals surface area contributed by atoms with Gasteiger partial charge in [-0.2, -0.15) is 0 Å². The standard InChI is InChI=1S/C12H8Cl2S/c13-9-3-1-2-4-10-15-12-7-5-11(14)6-8-12/h5-8H,9-10H2.